The highest BCUT2D eigenvalue weighted by Gasteiger charge is 2.46. The van der Waals surface area contributed by atoms with Crippen molar-refractivity contribution in [2.24, 2.45) is 5.92 Å². The average molecular weight is 245 g/mol. The molecule has 1 saturated heterocycles. The van der Waals surface area contributed by atoms with Crippen LogP contribution in [-0.4, -0.2) is 30.5 Å². The Hall–Kier alpha value is -1.23. The molecule has 1 aromatic carbocycles. The molecule has 5 heteroatoms. The standard InChI is InChI=1S/C12H14F3NO/c13-12(14,15)10-8-16(7-6-11(10)17)9-4-2-1-3-5-9/h1-5,10-11,17H,6-8H2. The van der Waals surface area contributed by atoms with E-state index >= 15 is 0 Å². The molecule has 0 spiro atoms. The van der Waals surface area contributed by atoms with Crippen LogP contribution in [0.4, 0.5) is 18.9 Å². The minimum absolute atomic E-state index is 0.152. The van der Waals surface area contributed by atoms with E-state index in [0.29, 0.717) is 6.54 Å². The lowest BCUT2D eigenvalue weighted by molar-refractivity contribution is -0.200. The average Bonchev–Trinajstić information content (AvgIpc) is 2.29. The fourth-order valence-corrected chi connectivity index (χ4v) is 2.13. The Labute approximate surface area is 97.7 Å². The number of rotatable bonds is 1. The number of hydrogen-bond donors (Lipinski definition) is 1. The maximum atomic E-state index is 12.7. The molecular weight excluding hydrogens is 231 g/mol. The number of alkyl halides is 3. The summed E-state index contributed by atoms with van der Waals surface area (Å²) in [6.45, 7) is 0.284. The van der Waals surface area contributed by atoms with E-state index < -0.39 is 18.2 Å². The van der Waals surface area contributed by atoms with Gasteiger partial charge in [0.2, 0.25) is 0 Å². The second-order valence-corrected chi connectivity index (χ2v) is 4.29. The van der Waals surface area contributed by atoms with Crippen LogP contribution in [0.25, 0.3) is 0 Å². The predicted octanol–water partition coefficient (Wildman–Crippen LogP) is 2.44. The number of para-hydroxylation sites is 1. The molecule has 0 aromatic heterocycles. The van der Waals surface area contributed by atoms with Crippen molar-refractivity contribution in [1.29, 1.82) is 0 Å². The smallest absolute Gasteiger partial charge is 0.392 e. The van der Waals surface area contributed by atoms with Gasteiger partial charge in [-0.05, 0) is 18.6 Å². The first-order chi connectivity index (χ1) is 7.98. The SMILES string of the molecule is OC1CCN(c2ccccc2)CC1C(F)(F)F. The van der Waals surface area contributed by atoms with Gasteiger partial charge >= 0.3 is 6.18 Å². The van der Waals surface area contributed by atoms with Gasteiger partial charge in [0.1, 0.15) is 0 Å². The summed E-state index contributed by atoms with van der Waals surface area (Å²) in [5, 5.41) is 9.42. The molecule has 1 aliphatic rings. The van der Waals surface area contributed by atoms with E-state index in [0.717, 1.165) is 5.69 Å². The Morgan fingerprint density at radius 2 is 1.82 bits per heavy atom. The Balaban J connectivity index is 2.13. The molecule has 0 aliphatic carbocycles. The topological polar surface area (TPSA) is 23.5 Å². The fraction of sp³-hybridized carbons (Fsp3) is 0.500. The molecule has 0 saturated carbocycles. The highest BCUT2D eigenvalue weighted by Crippen LogP contribution is 2.34. The minimum atomic E-state index is -4.34. The van der Waals surface area contributed by atoms with Gasteiger partial charge in [0.15, 0.2) is 0 Å². The normalized spacial score (nSPS) is 26.0. The van der Waals surface area contributed by atoms with Crippen LogP contribution < -0.4 is 4.90 Å². The van der Waals surface area contributed by atoms with E-state index in [1.54, 1.807) is 29.2 Å². The maximum Gasteiger partial charge on any atom is 0.395 e. The van der Waals surface area contributed by atoms with Crippen LogP contribution in [0.15, 0.2) is 30.3 Å². The lowest BCUT2D eigenvalue weighted by Crippen LogP contribution is -2.49. The molecule has 2 nitrogen and oxygen atoms in total. The van der Waals surface area contributed by atoms with Crippen LogP contribution >= 0.6 is 0 Å². The van der Waals surface area contributed by atoms with E-state index in [1.807, 2.05) is 6.07 Å². The van der Waals surface area contributed by atoms with Gasteiger partial charge in [-0.15, -0.1) is 0 Å². The summed E-state index contributed by atoms with van der Waals surface area (Å²) in [7, 11) is 0. The monoisotopic (exact) mass is 245 g/mol. The summed E-state index contributed by atoms with van der Waals surface area (Å²) in [6, 6.07) is 8.98. The Kier molecular flexibility index (Phi) is 3.28. The van der Waals surface area contributed by atoms with Gasteiger partial charge in [0.25, 0.3) is 0 Å². The van der Waals surface area contributed by atoms with Gasteiger partial charge < -0.3 is 10.0 Å². The molecule has 1 aliphatic heterocycles. The zero-order valence-electron chi connectivity index (χ0n) is 9.19. The van der Waals surface area contributed by atoms with Crippen molar-refractivity contribution in [2.75, 3.05) is 18.0 Å². The largest absolute Gasteiger partial charge is 0.395 e. The number of nitrogens with zero attached hydrogens (tertiary/aromatic N) is 1. The van der Waals surface area contributed by atoms with Crippen molar-refractivity contribution in [3.63, 3.8) is 0 Å². The number of aliphatic hydroxyl groups is 1. The summed E-state index contributed by atoms with van der Waals surface area (Å²) in [5.74, 6) is -1.66. The van der Waals surface area contributed by atoms with Crippen LogP contribution in [0.2, 0.25) is 0 Å². The first-order valence-electron chi connectivity index (χ1n) is 5.53. The van der Waals surface area contributed by atoms with Crippen LogP contribution in [0.1, 0.15) is 6.42 Å². The van der Waals surface area contributed by atoms with Gasteiger partial charge in [-0.1, -0.05) is 18.2 Å². The number of benzene rings is 1. The molecule has 1 heterocycles. The lowest BCUT2D eigenvalue weighted by Gasteiger charge is -2.38. The quantitative estimate of drug-likeness (QED) is 0.821. The van der Waals surface area contributed by atoms with Gasteiger partial charge in [0, 0.05) is 18.8 Å². The number of piperidine rings is 1. The molecule has 0 amide bonds. The summed E-state index contributed by atoms with van der Waals surface area (Å²) in [5.41, 5.74) is 0.772. The number of aliphatic hydroxyl groups excluding tert-OH is 1. The summed E-state index contributed by atoms with van der Waals surface area (Å²) >= 11 is 0. The zero-order valence-corrected chi connectivity index (χ0v) is 9.19. The van der Waals surface area contributed by atoms with E-state index in [4.69, 9.17) is 0 Å². The van der Waals surface area contributed by atoms with Crippen molar-refractivity contribution in [3.8, 4) is 0 Å². The fourth-order valence-electron chi connectivity index (χ4n) is 2.13. The molecule has 2 unspecified atom stereocenters. The zero-order chi connectivity index (χ0) is 12.5. The van der Waals surface area contributed by atoms with E-state index in [9.17, 15) is 18.3 Å². The molecule has 1 N–H and O–H groups in total. The van der Waals surface area contributed by atoms with Gasteiger partial charge in [-0.25, -0.2) is 0 Å². The molecule has 2 atom stereocenters. The predicted molar refractivity (Wildman–Crippen MR) is 58.8 cm³/mol. The van der Waals surface area contributed by atoms with Gasteiger partial charge in [-0.3, -0.25) is 0 Å². The minimum Gasteiger partial charge on any atom is -0.392 e. The van der Waals surface area contributed by atoms with Crippen molar-refractivity contribution < 1.29 is 18.3 Å². The molecule has 0 radical (unpaired) electrons. The second kappa shape index (κ2) is 4.56. The lowest BCUT2D eigenvalue weighted by atomic mass is 9.94. The molecule has 1 aromatic rings. The molecule has 2 rings (SSSR count). The van der Waals surface area contributed by atoms with Crippen LogP contribution in [0.5, 0.6) is 0 Å². The van der Waals surface area contributed by atoms with Crippen LogP contribution in [0, 0.1) is 5.92 Å². The van der Waals surface area contributed by atoms with E-state index in [-0.39, 0.29) is 13.0 Å². The van der Waals surface area contributed by atoms with Crippen molar-refractivity contribution >= 4 is 5.69 Å². The van der Waals surface area contributed by atoms with Crippen molar-refractivity contribution in [1.82, 2.24) is 0 Å². The third kappa shape index (κ3) is 2.72. The van der Waals surface area contributed by atoms with Crippen molar-refractivity contribution in [3.05, 3.63) is 30.3 Å². The number of hydrogen-bond acceptors (Lipinski definition) is 2. The highest BCUT2D eigenvalue weighted by molar-refractivity contribution is 5.46. The molecule has 17 heavy (non-hydrogen) atoms. The number of halogens is 3. The molecule has 1 fully saturated rings. The van der Waals surface area contributed by atoms with E-state index in [2.05, 4.69) is 0 Å². The highest BCUT2D eigenvalue weighted by atomic mass is 19.4. The Morgan fingerprint density at radius 1 is 1.18 bits per heavy atom. The van der Waals surface area contributed by atoms with Gasteiger partial charge in [0.05, 0.1) is 12.0 Å². The van der Waals surface area contributed by atoms with Crippen LogP contribution in [0.3, 0.4) is 0 Å². The first-order valence-corrected chi connectivity index (χ1v) is 5.53. The van der Waals surface area contributed by atoms with Crippen molar-refractivity contribution in [2.45, 2.75) is 18.7 Å². The van der Waals surface area contributed by atoms with Gasteiger partial charge in [-0.2, -0.15) is 13.2 Å². The third-order valence-corrected chi connectivity index (χ3v) is 3.12. The number of anilines is 1. The molecule has 0 bridgehead atoms. The summed E-state index contributed by atoms with van der Waals surface area (Å²) in [4.78, 5) is 1.67. The second-order valence-electron chi connectivity index (χ2n) is 4.29. The summed E-state index contributed by atoms with van der Waals surface area (Å²) in [6.07, 6.45) is -5.47. The molecular formula is C12H14F3NO. The Bertz CT molecular complexity index is 366. The maximum absolute atomic E-state index is 12.7. The molecule has 94 valence electrons. The van der Waals surface area contributed by atoms with Crippen LogP contribution in [-0.2, 0) is 0 Å². The third-order valence-electron chi connectivity index (χ3n) is 3.12. The van der Waals surface area contributed by atoms with E-state index in [1.165, 1.54) is 0 Å². The summed E-state index contributed by atoms with van der Waals surface area (Å²) < 4.78 is 38.1. The first kappa shape index (κ1) is 12.2. The Morgan fingerprint density at radius 3 is 2.41 bits per heavy atom.